The van der Waals surface area contributed by atoms with Gasteiger partial charge >= 0.3 is 0 Å². The molecular formula is C15H17N3O. The summed E-state index contributed by atoms with van der Waals surface area (Å²) in [6.45, 7) is 5.81. The van der Waals surface area contributed by atoms with Crippen molar-refractivity contribution in [1.29, 1.82) is 0 Å². The maximum Gasteiger partial charge on any atom is 0.259 e. The van der Waals surface area contributed by atoms with E-state index in [1.165, 1.54) is 6.20 Å². The number of hydrogen-bond donors (Lipinski definition) is 2. The molecule has 1 heterocycles. The van der Waals surface area contributed by atoms with Gasteiger partial charge in [0, 0.05) is 23.3 Å². The van der Waals surface area contributed by atoms with Gasteiger partial charge in [0.15, 0.2) is 0 Å². The maximum absolute atomic E-state index is 12.2. The molecule has 0 spiro atoms. The number of nitrogens with zero attached hydrogens (tertiary/aromatic N) is 1. The number of nitrogens with one attached hydrogen (secondary N) is 1. The molecule has 0 aliphatic rings. The number of hydrogen-bond acceptors (Lipinski definition) is 3. The quantitative estimate of drug-likeness (QED) is 0.867. The van der Waals surface area contributed by atoms with Gasteiger partial charge in [-0.25, -0.2) is 0 Å². The summed E-state index contributed by atoms with van der Waals surface area (Å²) in [5.41, 5.74) is 10.4. The van der Waals surface area contributed by atoms with Crippen molar-refractivity contribution in [2.75, 3.05) is 11.1 Å². The summed E-state index contributed by atoms with van der Waals surface area (Å²) >= 11 is 0. The van der Waals surface area contributed by atoms with E-state index in [1.807, 2.05) is 39.0 Å². The van der Waals surface area contributed by atoms with E-state index >= 15 is 0 Å². The summed E-state index contributed by atoms with van der Waals surface area (Å²) in [5.74, 6) is -0.239. The van der Waals surface area contributed by atoms with E-state index in [1.54, 1.807) is 6.07 Å². The first-order valence-corrected chi connectivity index (χ1v) is 6.08. The number of pyridine rings is 1. The van der Waals surface area contributed by atoms with Gasteiger partial charge in [-0.3, -0.25) is 9.78 Å². The molecule has 0 unspecified atom stereocenters. The van der Waals surface area contributed by atoms with Crippen molar-refractivity contribution in [2.45, 2.75) is 20.8 Å². The molecule has 0 fully saturated rings. The fourth-order valence-electron chi connectivity index (χ4n) is 1.91. The van der Waals surface area contributed by atoms with Gasteiger partial charge in [0.25, 0.3) is 5.91 Å². The first-order chi connectivity index (χ1) is 8.97. The summed E-state index contributed by atoms with van der Waals surface area (Å²) in [5, 5.41) is 2.86. The van der Waals surface area contributed by atoms with Gasteiger partial charge in [-0.2, -0.15) is 0 Å². The molecule has 1 amide bonds. The van der Waals surface area contributed by atoms with E-state index in [0.29, 0.717) is 11.3 Å². The number of aryl methyl sites for hydroxylation is 3. The zero-order valence-corrected chi connectivity index (χ0v) is 11.3. The summed E-state index contributed by atoms with van der Waals surface area (Å²) in [6, 6.07) is 7.56. The Morgan fingerprint density at radius 3 is 2.58 bits per heavy atom. The third kappa shape index (κ3) is 2.91. The van der Waals surface area contributed by atoms with Crippen molar-refractivity contribution in [3.8, 4) is 0 Å². The lowest BCUT2D eigenvalue weighted by Crippen LogP contribution is -2.15. The molecule has 4 heteroatoms. The van der Waals surface area contributed by atoms with Crippen LogP contribution in [-0.2, 0) is 0 Å². The SMILES string of the molecule is Cc1ccc(NC(=O)c2cnc(C)cc2N)c(C)c1. The molecule has 0 radical (unpaired) electrons. The Hall–Kier alpha value is -2.36. The third-order valence-corrected chi connectivity index (χ3v) is 2.95. The number of carbonyl (C=O) groups is 1. The van der Waals surface area contributed by atoms with Crippen LogP contribution in [0.25, 0.3) is 0 Å². The van der Waals surface area contributed by atoms with Gasteiger partial charge in [-0.05, 0) is 38.5 Å². The molecule has 1 aromatic carbocycles. The van der Waals surface area contributed by atoms with Crippen LogP contribution in [0.15, 0.2) is 30.5 Å². The second kappa shape index (κ2) is 5.10. The number of amides is 1. The molecule has 2 rings (SSSR count). The smallest absolute Gasteiger partial charge is 0.259 e. The summed E-state index contributed by atoms with van der Waals surface area (Å²) in [7, 11) is 0. The Morgan fingerprint density at radius 2 is 1.95 bits per heavy atom. The highest BCUT2D eigenvalue weighted by molar-refractivity contribution is 6.07. The first kappa shape index (κ1) is 13.1. The topological polar surface area (TPSA) is 68.0 Å². The van der Waals surface area contributed by atoms with Gasteiger partial charge in [-0.1, -0.05) is 17.7 Å². The second-order valence-electron chi connectivity index (χ2n) is 4.69. The van der Waals surface area contributed by atoms with E-state index in [2.05, 4.69) is 10.3 Å². The second-order valence-corrected chi connectivity index (χ2v) is 4.69. The molecule has 98 valence electrons. The van der Waals surface area contributed by atoms with Gasteiger partial charge in [0.2, 0.25) is 0 Å². The predicted octanol–water partition coefficient (Wildman–Crippen LogP) is 2.84. The van der Waals surface area contributed by atoms with Crippen LogP contribution >= 0.6 is 0 Å². The summed E-state index contributed by atoms with van der Waals surface area (Å²) in [6.07, 6.45) is 1.50. The van der Waals surface area contributed by atoms with Crippen molar-refractivity contribution >= 4 is 17.3 Å². The van der Waals surface area contributed by atoms with Crippen molar-refractivity contribution in [2.24, 2.45) is 0 Å². The first-order valence-electron chi connectivity index (χ1n) is 6.08. The average Bonchev–Trinajstić information content (AvgIpc) is 2.32. The van der Waals surface area contributed by atoms with Crippen LogP contribution in [0, 0.1) is 20.8 Å². The standard InChI is InChI=1S/C15H17N3O/c1-9-4-5-14(10(2)6-9)18-15(19)12-8-17-11(3)7-13(12)16/h4-8H,1-3H3,(H2,16,17)(H,18,19). The van der Waals surface area contributed by atoms with E-state index in [9.17, 15) is 4.79 Å². The van der Waals surface area contributed by atoms with Gasteiger partial charge in [0.05, 0.1) is 5.56 Å². The highest BCUT2D eigenvalue weighted by atomic mass is 16.1. The van der Waals surface area contributed by atoms with Crippen molar-refractivity contribution in [1.82, 2.24) is 4.98 Å². The molecule has 0 saturated heterocycles. The highest BCUT2D eigenvalue weighted by Crippen LogP contribution is 2.19. The zero-order chi connectivity index (χ0) is 14.0. The Labute approximate surface area is 112 Å². The normalized spacial score (nSPS) is 10.3. The molecule has 0 saturated carbocycles. The number of nitrogen functional groups attached to an aromatic ring is 1. The molecule has 0 aliphatic carbocycles. The largest absolute Gasteiger partial charge is 0.398 e. The van der Waals surface area contributed by atoms with Crippen LogP contribution in [0.4, 0.5) is 11.4 Å². The van der Waals surface area contributed by atoms with Crippen molar-refractivity contribution in [3.63, 3.8) is 0 Å². The molecule has 0 bridgehead atoms. The van der Waals surface area contributed by atoms with Crippen LogP contribution in [0.1, 0.15) is 27.2 Å². The number of benzene rings is 1. The summed E-state index contributed by atoms with van der Waals surface area (Å²) in [4.78, 5) is 16.3. The minimum absolute atomic E-state index is 0.239. The number of rotatable bonds is 2. The number of nitrogens with two attached hydrogens (primary N) is 1. The Kier molecular flexibility index (Phi) is 3.51. The lowest BCUT2D eigenvalue weighted by Gasteiger charge is -2.10. The van der Waals surface area contributed by atoms with Crippen LogP contribution < -0.4 is 11.1 Å². The van der Waals surface area contributed by atoms with Gasteiger partial charge in [0.1, 0.15) is 0 Å². The van der Waals surface area contributed by atoms with Crippen molar-refractivity contribution < 1.29 is 4.79 Å². The molecular weight excluding hydrogens is 238 g/mol. The van der Waals surface area contributed by atoms with Gasteiger partial charge in [-0.15, -0.1) is 0 Å². The maximum atomic E-state index is 12.2. The average molecular weight is 255 g/mol. The number of carbonyl (C=O) groups excluding carboxylic acids is 1. The predicted molar refractivity (Wildman–Crippen MR) is 77.3 cm³/mol. The fourth-order valence-corrected chi connectivity index (χ4v) is 1.91. The van der Waals surface area contributed by atoms with Crippen LogP contribution in [0.5, 0.6) is 0 Å². The minimum Gasteiger partial charge on any atom is -0.398 e. The van der Waals surface area contributed by atoms with E-state index in [0.717, 1.165) is 22.5 Å². The molecule has 2 aromatic rings. The Morgan fingerprint density at radius 1 is 1.21 bits per heavy atom. The van der Waals surface area contributed by atoms with Crippen LogP contribution in [0.2, 0.25) is 0 Å². The highest BCUT2D eigenvalue weighted by Gasteiger charge is 2.11. The lowest BCUT2D eigenvalue weighted by atomic mass is 10.1. The zero-order valence-electron chi connectivity index (χ0n) is 11.3. The minimum atomic E-state index is -0.239. The van der Waals surface area contributed by atoms with Crippen LogP contribution in [-0.4, -0.2) is 10.9 Å². The van der Waals surface area contributed by atoms with Gasteiger partial charge < -0.3 is 11.1 Å². The van der Waals surface area contributed by atoms with E-state index in [-0.39, 0.29) is 5.91 Å². The molecule has 4 nitrogen and oxygen atoms in total. The molecule has 1 aromatic heterocycles. The van der Waals surface area contributed by atoms with E-state index in [4.69, 9.17) is 5.73 Å². The molecule has 19 heavy (non-hydrogen) atoms. The molecule has 0 aliphatic heterocycles. The van der Waals surface area contributed by atoms with E-state index < -0.39 is 0 Å². The fraction of sp³-hybridized carbons (Fsp3) is 0.200. The Balaban J connectivity index is 2.25. The number of aromatic nitrogens is 1. The molecule has 3 N–H and O–H groups in total. The van der Waals surface area contributed by atoms with Crippen LogP contribution in [0.3, 0.4) is 0 Å². The van der Waals surface area contributed by atoms with Crippen molar-refractivity contribution in [3.05, 3.63) is 52.8 Å². The molecule has 0 atom stereocenters. The number of anilines is 2. The Bertz CT molecular complexity index is 635. The summed E-state index contributed by atoms with van der Waals surface area (Å²) < 4.78 is 0. The monoisotopic (exact) mass is 255 g/mol. The lowest BCUT2D eigenvalue weighted by molar-refractivity contribution is 0.102. The third-order valence-electron chi connectivity index (χ3n) is 2.95.